The molecule has 7 rings (SSSR count). The van der Waals surface area contributed by atoms with Crippen molar-refractivity contribution < 1.29 is 72.3 Å². The third kappa shape index (κ3) is 9.72. The molecule has 2 bridgehead atoms. The number of ether oxygens (including phenoxy) is 10. The second kappa shape index (κ2) is 19.6. The maximum Gasteiger partial charge on any atom is 0.337 e. The van der Waals surface area contributed by atoms with Crippen molar-refractivity contribution in [3.63, 3.8) is 0 Å². The van der Waals surface area contributed by atoms with Crippen molar-refractivity contribution in [3.05, 3.63) is 59.3 Å². The lowest BCUT2D eigenvalue weighted by atomic mass is 9.70. The van der Waals surface area contributed by atoms with Crippen molar-refractivity contribution >= 4 is 11.9 Å². The predicted molar refractivity (Wildman–Crippen MR) is 227 cm³/mol. The first-order valence-corrected chi connectivity index (χ1v) is 22.9. The van der Waals surface area contributed by atoms with Gasteiger partial charge in [0.15, 0.2) is 30.1 Å². The van der Waals surface area contributed by atoms with Gasteiger partial charge in [-0.2, -0.15) is 0 Å². The SMILES string of the molecule is CC[C@H](C)[C@H]1O[C@]2(C=C[C@@H]1C)C[C@@H]1C[C@@H](C/C=C(\C)[C@@H](O[C@H]3C[C@H](OC)[C@@H](O[C@H]4C[C@H](OC)[C@@H](O)[C@H](C)O4)[C@H](C)O3)[C@@H](C)/C=C/C=C3\C(=O)O[C@@H]4[C@H](O)C(C)=C[C@@H](C(=O)O1)[C@]34O)O2. The molecule has 7 aliphatic rings. The molecule has 6 aliphatic heterocycles. The number of hydrogen-bond acceptors (Lipinski definition) is 15. The molecule has 15 nitrogen and oxygen atoms in total. The zero-order valence-corrected chi connectivity index (χ0v) is 38.4. The summed E-state index contributed by atoms with van der Waals surface area (Å²) in [5.74, 6) is -4.04. The summed E-state index contributed by atoms with van der Waals surface area (Å²) in [4.78, 5) is 27.9. The Bertz CT molecular complexity index is 1810. The molecule has 0 aromatic rings. The minimum atomic E-state index is -2.21. The lowest BCUT2D eigenvalue weighted by Crippen LogP contribution is -2.58. The number of aliphatic hydroxyl groups is 3. The molecule has 63 heavy (non-hydrogen) atoms. The molecule has 6 heterocycles. The molecule has 4 fully saturated rings. The van der Waals surface area contributed by atoms with Crippen molar-refractivity contribution in [3.8, 4) is 0 Å². The van der Waals surface area contributed by atoms with Gasteiger partial charge in [-0.1, -0.05) is 64.5 Å². The van der Waals surface area contributed by atoms with Crippen molar-refractivity contribution in [2.24, 2.45) is 23.7 Å². The largest absolute Gasteiger partial charge is 0.462 e. The van der Waals surface area contributed by atoms with E-state index in [2.05, 4.69) is 32.9 Å². The molecule has 1 spiro atoms. The lowest BCUT2D eigenvalue weighted by molar-refractivity contribution is -0.318. The van der Waals surface area contributed by atoms with E-state index in [1.54, 1.807) is 34.1 Å². The number of esters is 2. The molecule has 352 valence electrons. The number of methoxy groups -OCH3 is 2. The fourth-order valence-corrected chi connectivity index (χ4v) is 10.5. The first kappa shape index (κ1) is 48.1. The number of rotatable bonds is 8. The van der Waals surface area contributed by atoms with Gasteiger partial charge in [0.25, 0.3) is 0 Å². The Morgan fingerprint density at radius 3 is 2.27 bits per heavy atom. The number of aliphatic hydroxyl groups excluding tert-OH is 2. The van der Waals surface area contributed by atoms with Crippen molar-refractivity contribution in [1.82, 2.24) is 0 Å². The van der Waals surface area contributed by atoms with Crippen LogP contribution in [0.2, 0.25) is 0 Å². The number of hydrogen-bond donors (Lipinski definition) is 3. The Morgan fingerprint density at radius 1 is 0.857 bits per heavy atom. The monoisotopic (exact) mass is 886 g/mol. The van der Waals surface area contributed by atoms with Crippen LogP contribution in [0.3, 0.4) is 0 Å². The van der Waals surface area contributed by atoms with Crippen LogP contribution in [0.4, 0.5) is 0 Å². The van der Waals surface area contributed by atoms with Crippen LogP contribution < -0.4 is 0 Å². The normalized spacial score (nSPS) is 48.5. The number of carbonyl (C=O) groups excluding carboxylic acids is 2. The first-order chi connectivity index (χ1) is 29.9. The Morgan fingerprint density at radius 2 is 1.56 bits per heavy atom. The van der Waals surface area contributed by atoms with E-state index >= 15 is 0 Å². The van der Waals surface area contributed by atoms with E-state index in [4.69, 9.17) is 47.4 Å². The molecule has 0 aromatic carbocycles. The van der Waals surface area contributed by atoms with Crippen molar-refractivity contribution in [1.29, 1.82) is 0 Å². The highest BCUT2D eigenvalue weighted by Crippen LogP contribution is 2.47. The van der Waals surface area contributed by atoms with Crippen LogP contribution in [0.15, 0.2) is 59.3 Å². The minimum Gasteiger partial charge on any atom is -0.462 e. The summed E-state index contributed by atoms with van der Waals surface area (Å²) in [7, 11) is 3.18. The van der Waals surface area contributed by atoms with Gasteiger partial charge in [-0.15, -0.1) is 0 Å². The minimum absolute atomic E-state index is 0.135. The lowest BCUT2D eigenvalue weighted by Gasteiger charge is -2.48. The van der Waals surface area contributed by atoms with Crippen LogP contribution in [0, 0.1) is 23.7 Å². The Balaban J connectivity index is 1.20. The molecule has 0 unspecified atom stereocenters. The maximum atomic E-state index is 14.3. The number of carbonyl (C=O) groups is 2. The van der Waals surface area contributed by atoms with E-state index in [1.165, 1.54) is 12.2 Å². The van der Waals surface area contributed by atoms with Crippen LogP contribution in [0.5, 0.6) is 0 Å². The van der Waals surface area contributed by atoms with Crippen LogP contribution in [-0.4, -0.2) is 139 Å². The van der Waals surface area contributed by atoms with Gasteiger partial charge in [-0.05, 0) is 63.3 Å². The maximum absolute atomic E-state index is 14.3. The molecule has 1 aliphatic carbocycles. The van der Waals surface area contributed by atoms with Crippen LogP contribution >= 0.6 is 0 Å². The van der Waals surface area contributed by atoms with Gasteiger partial charge in [0.2, 0.25) is 0 Å². The van der Waals surface area contributed by atoms with E-state index in [1.807, 2.05) is 32.9 Å². The Kier molecular flexibility index (Phi) is 15.0. The second-order valence-corrected chi connectivity index (χ2v) is 18.9. The fourth-order valence-electron chi connectivity index (χ4n) is 10.5. The van der Waals surface area contributed by atoms with E-state index in [0.717, 1.165) is 12.0 Å². The van der Waals surface area contributed by atoms with Gasteiger partial charge in [0, 0.05) is 51.7 Å². The van der Waals surface area contributed by atoms with Gasteiger partial charge in [-0.3, -0.25) is 4.79 Å². The highest BCUT2D eigenvalue weighted by Gasteiger charge is 2.64. The third-order valence-corrected chi connectivity index (χ3v) is 14.4. The molecule has 0 saturated carbocycles. The van der Waals surface area contributed by atoms with Gasteiger partial charge in [0.05, 0.1) is 48.3 Å². The van der Waals surface area contributed by atoms with Gasteiger partial charge < -0.3 is 62.7 Å². The van der Waals surface area contributed by atoms with Gasteiger partial charge in [-0.25, -0.2) is 4.79 Å². The Labute approximate surface area is 371 Å². The third-order valence-electron chi connectivity index (χ3n) is 14.4. The zero-order valence-electron chi connectivity index (χ0n) is 38.4. The summed E-state index contributed by atoms with van der Waals surface area (Å²) in [5.41, 5.74) is -1.10. The van der Waals surface area contributed by atoms with Crippen LogP contribution in [0.25, 0.3) is 0 Å². The summed E-state index contributed by atoms with van der Waals surface area (Å²) >= 11 is 0. The second-order valence-electron chi connectivity index (χ2n) is 18.9. The molecule has 4 saturated heterocycles. The molecule has 3 N–H and O–H groups in total. The Hall–Kier alpha value is -2.80. The summed E-state index contributed by atoms with van der Waals surface area (Å²) in [6.07, 6.45) is 6.14. The first-order valence-electron chi connectivity index (χ1n) is 22.9. The van der Waals surface area contributed by atoms with Crippen molar-refractivity contribution in [2.45, 2.75) is 191 Å². The number of fused-ring (bicyclic) bond motifs is 2. The highest BCUT2D eigenvalue weighted by atomic mass is 16.7. The zero-order chi connectivity index (χ0) is 45.5. The van der Waals surface area contributed by atoms with Gasteiger partial charge >= 0.3 is 11.9 Å². The van der Waals surface area contributed by atoms with E-state index < -0.39 is 109 Å². The van der Waals surface area contributed by atoms with E-state index in [9.17, 15) is 24.9 Å². The molecular formula is C48H70O15. The van der Waals surface area contributed by atoms with Crippen LogP contribution in [0.1, 0.15) is 93.9 Å². The molecule has 0 radical (unpaired) electrons. The highest BCUT2D eigenvalue weighted by molar-refractivity contribution is 5.97. The topological polar surface area (TPSA) is 187 Å². The summed E-state index contributed by atoms with van der Waals surface area (Å²) in [6.45, 7) is 15.7. The van der Waals surface area contributed by atoms with Crippen molar-refractivity contribution in [2.75, 3.05) is 14.2 Å². The quantitative estimate of drug-likeness (QED) is 0.221. The average Bonchev–Trinajstić information content (AvgIpc) is 3.51. The molecule has 15 heteroatoms. The molecule has 0 amide bonds. The van der Waals surface area contributed by atoms with E-state index in [0.29, 0.717) is 31.3 Å². The molecule has 20 atom stereocenters. The summed E-state index contributed by atoms with van der Waals surface area (Å²) in [6, 6.07) is 0. The fraction of sp³-hybridized carbons (Fsp3) is 0.750. The standard InChI is InChI=1S/C48H70O15/c1-11-24(2)42-27(5)17-18-47(63-42)23-32-20-31(62-47)16-15-26(4)41(59-38-22-36(55-10)43(30(8)57-38)60-37-21-35(54-9)40(50)29(7)56-37)25(3)13-12-14-33-45(51)61-44-39(49)28(6)19-34(46(52)58-32)48(33,44)53/h12-15,17-19,24-25,27,29-32,34-44,49-50,53H,11,16,20-23H2,1-10H3/b13-12+,26-15+,33-14+/t24-,25-,27-,29-,30-,31+,32-,34-,35-,36-,37-,38-,39+,40-,41-,42+,43-,44+,47+,48+/m0/s1. The van der Waals surface area contributed by atoms with E-state index in [-0.39, 0.29) is 35.9 Å². The van der Waals surface area contributed by atoms with Crippen LogP contribution in [-0.2, 0) is 57.0 Å². The summed E-state index contributed by atoms with van der Waals surface area (Å²) in [5, 5.41) is 34.1. The number of allylic oxidation sites excluding steroid dienone is 2. The average molecular weight is 887 g/mol. The molecule has 0 aromatic heterocycles. The summed E-state index contributed by atoms with van der Waals surface area (Å²) < 4.78 is 63.0. The smallest absolute Gasteiger partial charge is 0.337 e. The van der Waals surface area contributed by atoms with Gasteiger partial charge in [0.1, 0.15) is 30.3 Å². The predicted octanol–water partition coefficient (Wildman–Crippen LogP) is 4.90. The molecular weight excluding hydrogens is 817 g/mol.